The Morgan fingerprint density at radius 3 is 2.65 bits per heavy atom. The fraction of sp³-hybridized carbons (Fsp3) is 0.529. The first-order valence-corrected chi connectivity index (χ1v) is 7.60. The Labute approximate surface area is 119 Å². The van der Waals surface area contributed by atoms with Gasteiger partial charge in [0.1, 0.15) is 5.78 Å². The maximum Gasteiger partial charge on any atom is 0.251 e. The molecule has 3 nitrogen and oxygen atoms in total. The van der Waals surface area contributed by atoms with Gasteiger partial charge in [0.05, 0.1) is 0 Å². The molecule has 0 spiro atoms. The van der Waals surface area contributed by atoms with E-state index >= 15 is 0 Å². The SMILES string of the molecule is O=C1CC[C@H]2C[C@H](NC(=O)c3ccccc3)CC[C@@H]2C1. The van der Waals surface area contributed by atoms with E-state index in [4.69, 9.17) is 0 Å². The normalized spacial score (nSPS) is 29.6. The lowest BCUT2D eigenvalue weighted by molar-refractivity contribution is -0.123. The maximum absolute atomic E-state index is 12.2. The van der Waals surface area contributed by atoms with Gasteiger partial charge < -0.3 is 5.32 Å². The van der Waals surface area contributed by atoms with Crippen LogP contribution in [-0.2, 0) is 4.79 Å². The third-order valence-corrected chi connectivity index (χ3v) is 4.79. The Hall–Kier alpha value is -1.64. The summed E-state index contributed by atoms with van der Waals surface area (Å²) in [6.45, 7) is 0. The third-order valence-electron chi connectivity index (χ3n) is 4.79. The molecule has 1 aromatic carbocycles. The molecular weight excluding hydrogens is 250 g/mol. The molecule has 0 heterocycles. The molecule has 0 unspecified atom stereocenters. The number of carbonyl (C=O) groups is 2. The second kappa shape index (κ2) is 5.78. The zero-order chi connectivity index (χ0) is 13.9. The van der Waals surface area contributed by atoms with Crippen molar-refractivity contribution in [1.82, 2.24) is 5.32 Å². The number of nitrogens with one attached hydrogen (secondary N) is 1. The number of hydrogen-bond donors (Lipinski definition) is 1. The van der Waals surface area contributed by atoms with E-state index in [2.05, 4.69) is 5.32 Å². The summed E-state index contributed by atoms with van der Waals surface area (Å²) in [5.74, 6) is 1.66. The fourth-order valence-corrected chi connectivity index (χ4v) is 3.68. The number of ketones is 1. The van der Waals surface area contributed by atoms with E-state index in [0.717, 1.165) is 44.1 Å². The number of hydrogen-bond acceptors (Lipinski definition) is 2. The van der Waals surface area contributed by atoms with Crippen LogP contribution >= 0.6 is 0 Å². The minimum absolute atomic E-state index is 0.0286. The van der Waals surface area contributed by atoms with Crippen molar-refractivity contribution in [2.24, 2.45) is 11.8 Å². The molecule has 3 rings (SSSR count). The lowest BCUT2D eigenvalue weighted by Gasteiger charge is -2.38. The van der Waals surface area contributed by atoms with E-state index < -0.39 is 0 Å². The van der Waals surface area contributed by atoms with Gasteiger partial charge >= 0.3 is 0 Å². The van der Waals surface area contributed by atoms with E-state index in [1.807, 2.05) is 30.3 Å². The van der Waals surface area contributed by atoms with Crippen LogP contribution in [-0.4, -0.2) is 17.7 Å². The summed E-state index contributed by atoms with van der Waals surface area (Å²) in [6.07, 6.45) is 5.64. The third kappa shape index (κ3) is 2.92. The summed E-state index contributed by atoms with van der Waals surface area (Å²) in [4.78, 5) is 23.7. The highest BCUT2D eigenvalue weighted by Crippen LogP contribution is 2.39. The Kier molecular flexibility index (Phi) is 3.86. The first-order valence-electron chi connectivity index (χ1n) is 7.60. The van der Waals surface area contributed by atoms with Crippen molar-refractivity contribution in [3.05, 3.63) is 35.9 Å². The predicted octanol–water partition coefficient (Wildman–Crippen LogP) is 2.95. The van der Waals surface area contributed by atoms with Gasteiger partial charge in [0.15, 0.2) is 0 Å². The maximum atomic E-state index is 12.2. The Bertz CT molecular complexity index is 497. The van der Waals surface area contributed by atoms with Crippen LogP contribution in [0.4, 0.5) is 0 Å². The van der Waals surface area contributed by atoms with Crippen LogP contribution in [0, 0.1) is 11.8 Å². The molecule has 0 aromatic heterocycles. The molecule has 2 saturated carbocycles. The van der Waals surface area contributed by atoms with E-state index in [1.165, 1.54) is 0 Å². The minimum Gasteiger partial charge on any atom is -0.349 e. The van der Waals surface area contributed by atoms with Crippen molar-refractivity contribution in [2.75, 3.05) is 0 Å². The summed E-state index contributed by atoms with van der Waals surface area (Å²) in [7, 11) is 0. The highest BCUT2D eigenvalue weighted by Gasteiger charge is 2.35. The summed E-state index contributed by atoms with van der Waals surface area (Å²) in [5, 5.41) is 3.16. The molecule has 106 valence electrons. The Balaban J connectivity index is 1.57. The van der Waals surface area contributed by atoms with Crippen molar-refractivity contribution < 1.29 is 9.59 Å². The van der Waals surface area contributed by atoms with Crippen LogP contribution in [0.1, 0.15) is 48.9 Å². The molecule has 20 heavy (non-hydrogen) atoms. The topological polar surface area (TPSA) is 46.2 Å². The standard InChI is InChI=1S/C17H21NO2/c19-16-9-7-13-10-15(8-6-14(13)11-16)18-17(20)12-4-2-1-3-5-12/h1-5,13-15H,6-11H2,(H,18,20)/t13-,14+,15+/m0/s1. The molecule has 2 fully saturated rings. The Morgan fingerprint density at radius 2 is 1.85 bits per heavy atom. The van der Waals surface area contributed by atoms with Crippen molar-refractivity contribution in [2.45, 2.75) is 44.6 Å². The highest BCUT2D eigenvalue weighted by atomic mass is 16.1. The smallest absolute Gasteiger partial charge is 0.251 e. The molecule has 0 bridgehead atoms. The van der Waals surface area contributed by atoms with Gasteiger partial charge in [0.2, 0.25) is 0 Å². The number of rotatable bonds is 2. The van der Waals surface area contributed by atoms with Gasteiger partial charge in [-0.3, -0.25) is 9.59 Å². The van der Waals surface area contributed by atoms with Gasteiger partial charge in [-0.05, 0) is 49.7 Å². The summed E-state index contributed by atoms with van der Waals surface area (Å²) < 4.78 is 0. The number of fused-ring (bicyclic) bond motifs is 1. The largest absolute Gasteiger partial charge is 0.349 e. The molecule has 0 aliphatic heterocycles. The van der Waals surface area contributed by atoms with Crippen LogP contribution in [0.2, 0.25) is 0 Å². The van der Waals surface area contributed by atoms with Gasteiger partial charge in [-0.25, -0.2) is 0 Å². The fourth-order valence-electron chi connectivity index (χ4n) is 3.68. The molecule has 1 amide bonds. The van der Waals surface area contributed by atoms with Crippen LogP contribution in [0.3, 0.4) is 0 Å². The molecule has 1 aromatic rings. The van der Waals surface area contributed by atoms with Crippen LogP contribution in [0.25, 0.3) is 0 Å². The van der Waals surface area contributed by atoms with E-state index in [0.29, 0.717) is 17.6 Å². The van der Waals surface area contributed by atoms with Gasteiger partial charge in [0.25, 0.3) is 5.91 Å². The van der Waals surface area contributed by atoms with Gasteiger partial charge in [-0.15, -0.1) is 0 Å². The quantitative estimate of drug-likeness (QED) is 0.899. The van der Waals surface area contributed by atoms with Crippen molar-refractivity contribution >= 4 is 11.7 Å². The molecule has 3 atom stereocenters. The number of carbonyl (C=O) groups excluding carboxylic acids is 2. The first-order chi connectivity index (χ1) is 9.72. The first kappa shape index (κ1) is 13.3. The molecule has 3 heteroatoms. The number of amides is 1. The van der Waals surface area contributed by atoms with Gasteiger partial charge in [0, 0.05) is 24.4 Å². The average molecular weight is 271 g/mol. The van der Waals surface area contributed by atoms with Crippen molar-refractivity contribution in [1.29, 1.82) is 0 Å². The summed E-state index contributed by atoms with van der Waals surface area (Å²) in [6, 6.07) is 9.66. The second-order valence-electron chi connectivity index (χ2n) is 6.15. The molecule has 2 aliphatic carbocycles. The van der Waals surface area contributed by atoms with Gasteiger partial charge in [-0.1, -0.05) is 18.2 Å². The van der Waals surface area contributed by atoms with Crippen LogP contribution in [0.5, 0.6) is 0 Å². The Morgan fingerprint density at radius 1 is 1.05 bits per heavy atom. The molecule has 0 saturated heterocycles. The zero-order valence-electron chi connectivity index (χ0n) is 11.7. The molecule has 0 radical (unpaired) electrons. The summed E-state index contributed by atoms with van der Waals surface area (Å²) in [5.41, 5.74) is 0.730. The monoisotopic (exact) mass is 271 g/mol. The van der Waals surface area contributed by atoms with E-state index in [9.17, 15) is 9.59 Å². The highest BCUT2D eigenvalue weighted by molar-refractivity contribution is 5.94. The zero-order valence-corrected chi connectivity index (χ0v) is 11.7. The number of benzene rings is 1. The van der Waals surface area contributed by atoms with E-state index in [1.54, 1.807) is 0 Å². The lowest BCUT2D eigenvalue weighted by atomic mass is 9.69. The second-order valence-corrected chi connectivity index (χ2v) is 6.15. The average Bonchev–Trinajstić information content (AvgIpc) is 2.48. The van der Waals surface area contributed by atoms with Crippen molar-refractivity contribution in [3.63, 3.8) is 0 Å². The van der Waals surface area contributed by atoms with E-state index in [-0.39, 0.29) is 11.9 Å². The number of Topliss-reactive ketones (excluding diaryl/α,β-unsaturated/α-hetero) is 1. The van der Waals surface area contributed by atoms with Gasteiger partial charge in [-0.2, -0.15) is 0 Å². The molecule has 1 N–H and O–H groups in total. The molecule has 2 aliphatic rings. The predicted molar refractivity (Wildman–Crippen MR) is 77.4 cm³/mol. The summed E-state index contributed by atoms with van der Waals surface area (Å²) >= 11 is 0. The van der Waals surface area contributed by atoms with Crippen molar-refractivity contribution in [3.8, 4) is 0 Å². The lowest BCUT2D eigenvalue weighted by Crippen LogP contribution is -2.42. The minimum atomic E-state index is 0.0286. The van der Waals surface area contributed by atoms with Crippen LogP contribution in [0.15, 0.2) is 30.3 Å². The van der Waals surface area contributed by atoms with Crippen LogP contribution < -0.4 is 5.32 Å². The molecular formula is C17H21NO2.